The molecule has 0 saturated carbocycles. The quantitative estimate of drug-likeness (QED) is 0.112. The largest absolute Gasteiger partial charge is 0.416 e. The summed E-state index contributed by atoms with van der Waals surface area (Å²) in [5.74, 6) is -10.1. The van der Waals surface area contributed by atoms with Crippen LogP contribution in [0.2, 0.25) is 5.02 Å². The normalized spacial score (nSPS) is 13.6. The van der Waals surface area contributed by atoms with Crippen molar-refractivity contribution in [3.05, 3.63) is 94.3 Å². The lowest BCUT2D eigenvalue weighted by Crippen LogP contribution is -2.14. The molecule has 1 unspecified atom stereocenters. The maximum Gasteiger partial charge on any atom is 0.416 e. The molecule has 0 spiro atoms. The van der Waals surface area contributed by atoms with Gasteiger partial charge in [-0.15, -0.1) is 0 Å². The van der Waals surface area contributed by atoms with Gasteiger partial charge in [-0.05, 0) is 46.5 Å². The van der Waals surface area contributed by atoms with E-state index >= 15 is 0 Å². The van der Waals surface area contributed by atoms with Crippen LogP contribution in [-0.4, -0.2) is 10.1 Å². The summed E-state index contributed by atoms with van der Waals surface area (Å²) in [5.41, 5.74) is -0.272. The minimum atomic E-state index is -4.60. The zero-order chi connectivity index (χ0) is 26.6. The Bertz CT molecular complexity index is 1600. The first-order valence-electron chi connectivity index (χ1n) is 9.70. The molecule has 4 aromatic rings. The second-order valence-electron chi connectivity index (χ2n) is 7.48. The van der Waals surface area contributed by atoms with Gasteiger partial charge in [0.15, 0.2) is 0 Å². The van der Waals surface area contributed by atoms with E-state index < -0.39 is 56.4 Å². The lowest BCUT2D eigenvalue weighted by atomic mass is 9.97. The topological polar surface area (TPSA) is 26.3 Å². The van der Waals surface area contributed by atoms with Gasteiger partial charge in [0, 0.05) is 10.6 Å². The van der Waals surface area contributed by atoms with Crippen molar-refractivity contribution in [1.29, 1.82) is 0 Å². The molecular weight excluding hydrogens is 540 g/mol. The summed E-state index contributed by atoms with van der Waals surface area (Å²) >= 11 is 6.10. The lowest BCUT2D eigenvalue weighted by molar-refractivity contribution is -0.137. The van der Waals surface area contributed by atoms with Gasteiger partial charge < -0.3 is 4.18 Å². The number of halogens is 9. The van der Waals surface area contributed by atoms with Crippen LogP contribution >= 0.6 is 11.6 Å². The number of alkyl halides is 3. The molecule has 0 aliphatic carbocycles. The van der Waals surface area contributed by atoms with E-state index in [9.17, 15) is 39.3 Å². The third kappa shape index (κ3) is 4.48. The SMILES string of the molecule is C=S(=O)(Oc1c(F)c(F)c(F)c(F)c1F)c1ccc2c(-c3ccc(C(F)(F)F)cc3Cl)cccc2c1. The summed E-state index contributed by atoms with van der Waals surface area (Å²) < 4.78 is 125. The Morgan fingerprint density at radius 2 is 1.39 bits per heavy atom. The smallest absolute Gasteiger partial charge is 0.399 e. The maximum absolute atomic E-state index is 14.0. The van der Waals surface area contributed by atoms with Gasteiger partial charge in [-0.2, -0.15) is 22.0 Å². The van der Waals surface area contributed by atoms with Crippen molar-refractivity contribution < 1.29 is 43.5 Å². The standard InChI is InChI=1S/C24H11ClF8O2S/c1-36(34,35-23-21(29)19(27)18(26)20(28)22(23)30)13-6-8-14-11(9-13)3-2-4-15(14)16-7-5-12(10-17(16)25)24(31,32)33/h2-10H,1H2. The Morgan fingerprint density at radius 1 is 0.778 bits per heavy atom. The molecule has 0 fully saturated rings. The minimum absolute atomic E-state index is 0.183. The molecule has 1 atom stereocenters. The van der Waals surface area contributed by atoms with Crippen molar-refractivity contribution in [2.75, 3.05) is 0 Å². The highest BCUT2D eigenvalue weighted by molar-refractivity contribution is 7.96. The molecule has 0 aliphatic rings. The molecule has 0 saturated heterocycles. The highest BCUT2D eigenvalue weighted by atomic mass is 35.5. The third-order valence-electron chi connectivity index (χ3n) is 5.19. The van der Waals surface area contributed by atoms with Crippen molar-refractivity contribution in [3.63, 3.8) is 0 Å². The Labute approximate surface area is 203 Å². The monoisotopic (exact) mass is 550 g/mol. The van der Waals surface area contributed by atoms with Crippen molar-refractivity contribution in [3.8, 4) is 16.9 Å². The molecule has 188 valence electrons. The van der Waals surface area contributed by atoms with E-state index in [4.69, 9.17) is 11.6 Å². The summed E-state index contributed by atoms with van der Waals surface area (Å²) in [6, 6.07) is 11.2. The average Bonchev–Trinajstić information content (AvgIpc) is 2.83. The fraction of sp³-hybridized carbons (Fsp3) is 0.0417. The summed E-state index contributed by atoms with van der Waals surface area (Å²) in [6.07, 6.45) is -4.60. The fourth-order valence-corrected chi connectivity index (χ4v) is 4.82. The summed E-state index contributed by atoms with van der Waals surface area (Å²) in [6.45, 7) is 0. The molecule has 0 aliphatic heterocycles. The van der Waals surface area contributed by atoms with Gasteiger partial charge in [0.2, 0.25) is 34.8 Å². The lowest BCUT2D eigenvalue weighted by Gasteiger charge is -2.16. The van der Waals surface area contributed by atoms with Crippen LogP contribution in [0.15, 0.2) is 59.5 Å². The predicted octanol–water partition coefficient (Wildman–Crippen LogP) is 7.94. The van der Waals surface area contributed by atoms with E-state index in [0.29, 0.717) is 16.3 Å². The summed E-state index contributed by atoms with van der Waals surface area (Å²) in [7, 11) is -4.09. The van der Waals surface area contributed by atoms with Crippen molar-refractivity contribution in [2.24, 2.45) is 0 Å². The molecule has 0 amide bonds. The minimum Gasteiger partial charge on any atom is -0.399 e. The highest BCUT2D eigenvalue weighted by Gasteiger charge is 2.31. The van der Waals surface area contributed by atoms with Crippen molar-refractivity contribution in [2.45, 2.75) is 11.1 Å². The molecule has 0 radical (unpaired) electrons. The van der Waals surface area contributed by atoms with Crippen molar-refractivity contribution >= 4 is 38.0 Å². The van der Waals surface area contributed by atoms with E-state index in [0.717, 1.165) is 12.1 Å². The van der Waals surface area contributed by atoms with Gasteiger partial charge in [0.05, 0.1) is 10.5 Å². The first-order chi connectivity index (χ1) is 16.7. The first-order valence-corrected chi connectivity index (χ1v) is 11.7. The van der Waals surface area contributed by atoms with Gasteiger partial charge in [0.25, 0.3) is 0 Å². The van der Waals surface area contributed by atoms with E-state index in [1.165, 1.54) is 36.4 Å². The van der Waals surface area contributed by atoms with Gasteiger partial charge in [-0.3, -0.25) is 0 Å². The van der Waals surface area contributed by atoms with Crippen LogP contribution in [0.3, 0.4) is 0 Å². The first kappa shape index (κ1) is 25.8. The number of benzene rings is 4. The van der Waals surface area contributed by atoms with Crippen LogP contribution < -0.4 is 4.18 Å². The van der Waals surface area contributed by atoms with E-state index in [1.54, 1.807) is 6.07 Å². The maximum atomic E-state index is 14.0. The number of hydrogen-bond donors (Lipinski definition) is 0. The molecule has 0 bridgehead atoms. The highest BCUT2D eigenvalue weighted by Crippen LogP contribution is 2.39. The Morgan fingerprint density at radius 3 is 1.97 bits per heavy atom. The Hall–Kier alpha value is -3.31. The van der Waals surface area contributed by atoms with Gasteiger partial charge in [-0.25, -0.2) is 17.4 Å². The van der Waals surface area contributed by atoms with E-state index in [-0.39, 0.29) is 15.5 Å². The van der Waals surface area contributed by atoms with Crippen LogP contribution in [0, 0.1) is 29.1 Å². The fourth-order valence-electron chi connectivity index (χ4n) is 3.44. The van der Waals surface area contributed by atoms with Crippen LogP contribution in [0.5, 0.6) is 5.75 Å². The van der Waals surface area contributed by atoms with E-state index in [1.807, 2.05) is 0 Å². The molecule has 4 aromatic carbocycles. The summed E-state index contributed by atoms with van der Waals surface area (Å²) in [4.78, 5) is -0.255. The Balaban J connectivity index is 1.78. The van der Waals surface area contributed by atoms with Crippen LogP contribution in [0.25, 0.3) is 21.9 Å². The van der Waals surface area contributed by atoms with Crippen molar-refractivity contribution in [1.82, 2.24) is 0 Å². The van der Waals surface area contributed by atoms with Gasteiger partial charge in [-0.1, -0.05) is 41.9 Å². The zero-order valence-corrected chi connectivity index (χ0v) is 19.1. The molecule has 2 nitrogen and oxygen atoms in total. The van der Waals surface area contributed by atoms with Crippen LogP contribution in [-0.2, 0) is 16.0 Å². The molecule has 0 heterocycles. The van der Waals surface area contributed by atoms with E-state index in [2.05, 4.69) is 10.1 Å². The second kappa shape index (κ2) is 8.97. The summed E-state index contributed by atoms with van der Waals surface area (Å²) in [5, 5.41) is 0.602. The Kier molecular flexibility index (Phi) is 6.42. The van der Waals surface area contributed by atoms with Gasteiger partial charge in [0.1, 0.15) is 9.80 Å². The molecular formula is C24H11ClF8O2S. The number of hydrogen-bond acceptors (Lipinski definition) is 2. The zero-order valence-electron chi connectivity index (χ0n) is 17.5. The molecule has 12 heteroatoms. The van der Waals surface area contributed by atoms with Crippen LogP contribution in [0.1, 0.15) is 5.56 Å². The molecule has 36 heavy (non-hydrogen) atoms. The molecule has 0 aromatic heterocycles. The molecule has 4 rings (SSSR count). The van der Waals surface area contributed by atoms with Gasteiger partial charge >= 0.3 is 6.18 Å². The number of fused-ring (bicyclic) bond motifs is 1. The molecule has 0 N–H and O–H groups in total. The third-order valence-corrected chi connectivity index (χ3v) is 6.91. The predicted molar refractivity (Wildman–Crippen MR) is 120 cm³/mol. The second-order valence-corrected chi connectivity index (χ2v) is 9.75. The number of rotatable bonds is 4. The van der Waals surface area contributed by atoms with Crippen LogP contribution in [0.4, 0.5) is 35.1 Å². The average molecular weight is 551 g/mol.